The maximum atomic E-state index is 12.8. The molecular weight excluding hydrogens is 470 g/mol. The van der Waals surface area contributed by atoms with Crippen molar-refractivity contribution < 1.29 is 9.59 Å². The Balaban J connectivity index is 1.31. The summed E-state index contributed by atoms with van der Waals surface area (Å²) in [4.78, 5) is 43.5. The molecule has 2 amide bonds. The fraction of sp³-hybridized carbons (Fsp3) is 0.231. The van der Waals surface area contributed by atoms with E-state index in [1.807, 2.05) is 18.2 Å². The zero-order valence-corrected chi connectivity index (χ0v) is 20.2. The highest BCUT2D eigenvalue weighted by Gasteiger charge is 2.23. The summed E-state index contributed by atoms with van der Waals surface area (Å²) >= 11 is 0. The molecule has 37 heavy (non-hydrogen) atoms. The number of aromatic amines is 2. The molecule has 0 radical (unpaired) electrons. The first-order valence-corrected chi connectivity index (χ1v) is 12.0. The molecule has 5 heterocycles. The smallest absolute Gasteiger partial charge is 0.250 e. The average molecular weight is 496 g/mol. The zero-order chi connectivity index (χ0) is 25.5. The minimum atomic E-state index is -0.546. The van der Waals surface area contributed by atoms with Crippen LogP contribution in [0.3, 0.4) is 0 Å². The van der Waals surface area contributed by atoms with Crippen molar-refractivity contribution in [1.82, 2.24) is 35.0 Å². The molecule has 1 saturated heterocycles. The topological polar surface area (TPSA) is 159 Å². The molecule has 1 aromatic carbocycles. The van der Waals surface area contributed by atoms with Crippen LogP contribution in [0.25, 0.3) is 44.7 Å². The van der Waals surface area contributed by atoms with Crippen LogP contribution in [0.4, 0.5) is 5.69 Å². The van der Waals surface area contributed by atoms with E-state index in [-0.39, 0.29) is 11.8 Å². The molecule has 1 aliphatic rings. The number of carbonyl (C=O) groups is 2. The Morgan fingerprint density at radius 3 is 2.73 bits per heavy atom. The van der Waals surface area contributed by atoms with Gasteiger partial charge in [-0.05, 0) is 57.2 Å². The number of nitrogens with two attached hydrogens (primary N) is 1. The van der Waals surface area contributed by atoms with E-state index in [2.05, 4.69) is 47.4 Å². The van der Waals surface area contributed by atoms with E-state index in [0.717, 1.165) is 42.4 Å². The highest BCUT2D eigenvalue weighted by Crippen LogP contribution is 2.30. The monoisotopic (exact) mass is 495 g/mol. The quantitative estimate of drug-likeness (QED) is 0.292. The number of nitrogens with zero attached hydrogens (tertiary/aromatic N) is 5. The number of likely N-dealkylation sites (tertiary alicyclic amines) is 1. The molecule has 0 aliphatic carbocycles. The predicted octanol–water partition coefficient (Wildman–Crippen LogP) is 2.94. The number of primary amides is 1. The van der Waals surface area contributed by atoms with Crippen LogP contribution in [0, 0.1) is 5.92 Å². The predicted molar refractivity (Wildman–Crippen MR) is 140 cm³/mol. The number of fused-ring (bicyclic) bond motifs is 2. The molecule has 1 fully saturated rings. The summed E-state index contributed by atoms with van der Waals surface area (Å²) in [6.45, 7) is 1.84. The molecule has 4 aromatic heterocycles. The molecule has 0 spiro atoms. The van der Waals surface area contributed by atoms with Crippen LogP contribution in [0.2, 0.25) is 0 Å². The van der Waals surface area contributed by atoms with Crippen molar-refractivity contribution in [3.63, 3.8) is 0 Å². The number of hydrogen-bond acceptors (Lipinski definition) is 7. The summed E-state index contributed by atoms with van der Waals surface area (Å²) < 4.78 is 0. The van der Waals surface area contributed by atoms with Gasteiger partial charge in [0.15, 0.2) is 11.5 Å². The van der Waals surface area contributed by atoms with Gasteiger partial charge in [0.05, 0.1) is 28.4 Å². The first-order valence-electron chi connectivity index (χ1n) is 12.0. The molecule has 5 N–H and O–H groups in total. The molecule has 5 aromatic rings. The van der Waals surface area contributed by atoms with Crippen LogP contribution in [0.15, 0.2) is 48.9 Å². The van der Waals surface area contributed by atoms with Gasteiger partial charge >= 0.3 is 0 Å². The Bertz CT molecular complexity index is 1650. The number of amides is 2. The van der Waals surface area contributed by atoms with Gasteiger partial charge in [-0.2, -0.15) is 5.10 Å². The first-order chi connectivity index (χ1) is 18.0. The number of benzene rings is 1. The van der Waals surface area contributed by atoms with Gasteiger partial charge in [0.2, 0.25) is 5.91 Å². The minimum Gasteiger partial charge on any atom is -0.366 e. The maximum absolute atomic E-state index is 12.8. The van der Waals surface area contributed by atoms with Crippen LogP contribution >= 0.6 is 0 Å². The second-order valence-electron chi connectivity index (χ2n) is 9.37. The zero-order valence-electron chi connectivity index (χ0n) is 20.2. The molecule has 0 atom stereocenters. The number of pyridine rings is 2. The number of carbonyl (C=O) groups excluding carboxylic acids is 2. The van der Waals surface area contributed by atoms with Gasteiger partial charge in [-0.3, -0.25) is 19.7 Å². The van der Waals surface area contributed by atoms with Crippen LogP contribution in [-0.2, 0) is 4.79 Å². The summed E-state index contributed by atoms with van der Waals surface area (Å²) in [5, 5.41) is 11.1. The lowest BCUT2D eigenvalue weighted by Crippen LogP contribution is -2.35. The van der Waals surface area contributed by atoms with Gasteiger partial charge in [0.1, 0.15) is 11.2 Å². The van der Waals surface area contributed by atoms with Crippen LogP contribution < -0.4 is 11.1 Å². The molecule has 6 rings (SSSR count). The minimum absolute atomic E-state index is 0.00486. The normalized spacial score (nSPS) is 14.8. The van der Waals surface area contributed by atoms with Crippen molar-refractivity contribution in [2.75, 3.05) is 25.5 Å². The van der Waals surface area contributed by atoms with E-state index < -0.39 is 5.91 Å². The molecule has 0 unspecified atom stereocenters. The Kier molecular flexibility index (Phi) is 5.61. The summed E-state index contributed by atoms with van der Waals surface area (Å²) in [5.74, 6) is -0.0239. The second-order valence-corrected chi connectivity index (χ2v) is 9.37. The standard InChI is InChI=1S/C26H25N9O2/c1-35-7-5-14(6-8-35)26(37)30-17-9-15(11-28-13-17)16-10-19-22(33-34-24(19)29-12-16)25-31-20-4-2-3-18(23(27)36)21(20)32-25/h2-4,9-14H,5-8H2,1H3,(H2,27,36)(H,30,37)(H,31,32)(H,29,33,34). The molecule has 0 saturated carbocycles. The third kappa shape index (κ3) is 4.29. The lowest BCUT2D eigenvalue weighted by atomic mass is 9.96. The van der Waals surface area contributed by atoms with Crippen molar-refractivity contribution in [2.24, 2.45) is 11.7 Å². The highest BCUT2D eigenvalue weighted by atomic mass is 16.2. The van der Waals surface area contributed by atoms with Gasteiger partial charge in [-0.25, -0.2) is 9.97 Å². The summed E-state index contributed by atoms with van der Waals surface area (Å²) in [5.41, 5.74) is 10.4. The molecule has 1 aliphatic heterocycles. The second kappa shape index (κ2) is 9.10. The van der Waals surface area contributed by atoms with Gasteiger partial charge in [0, 0.05) is 29.4 Å². The van der Waals surface area contributed by atoms with E-state index in [1.165, 1.54) is 0 Å². The summed E-state index contributed by atoms with van der Waals surface area (Å²) in [6, 6.07) is 9.06. The molecule has 11 heteroatoms. The number of aromatic nitrogens is 6. The van der Waals surface area contributed by atoms with Gasteiger partial charge in [0.25, 0.3) is 5.91 Å². The number of para-hydroxylation sites is 1. The van der Waals surface area contributed by atoms with E-state index in [0.29, 0.717) is 39.4 Å². The lowest BCUT2D eigenvalue weighted by Gasteiger charge is -2.28. The summed E-state index contributed by atoms with van der Waals surface area (Å²) in [6.07, 6.45) is 6.81. The molecular formula is C26H25N9O2. The fourth-order valence-corrected chi connectivity index (χ4v) is 4.77. The van der Waals surface area contributed by atoms with Crippen LogP contribution in [0.1, 0.15) is 23.2 Å². The van der Waals surface area contributed by atoms with Crippen LogP contribution in [0.5, 0.6) is 0 Å². The maximum Gasteiger partial charge on any atom is 0.250 e. The van der Waals surface area contributed by atoms with Crippen LogP contribution in [-0.4, -0.2) is 67.0 Å². The van der Waals surface area contributed by atoms with E-state index in [1.54, 1.807) is 30.7 Å². The van der Waals surface area contributed by atoms with Crippen molar-refractivity contribution >= 4 is 39.6 Å². The number of H-pyrrole nitrogens is 2. The molecule has 186 valence electrons. The van der Waals surface area contributed by atoms with E-state index in [9.17, 15) is 9.59 Å². The largest absolute Gasteiger partial charge is 0.366 e. The number of piperidine rings is 1. The Morgan fingerprint density at radius 2 is 1.92 bits per heavy atom. The third-order valence-electron chi connectivity index (χ3n) is 6.85. The highest BCUT2D eigenvalue weighted by molar-refractivity contribution is 6.05. The number of rotatable bonds is 5. The number of nitrogens with one attached hydrogen (secondary N) is 3. The van der Waals surface area contributed by atoms with Crippen molar-refractivity contribution in [3.8, 4) is 22.6 Å². The SMILES string of the molecule is CN1CCC(C(=O)Nc2cncc(-c3cnc4[nH]nc(-c5nc6c(C(N)=O)cccc6[nH]5)c4c3)c2)CC1. The van der Waals surface area contributed by atoms with Crippen molar-refractivity contribution in [2.45, 2.75) is 12.8 Å². The number of imidazole rings is 1. The first kappa shape index (κ1) is 22.8. The van der Waals surface area contributed by atoms with Crippen molar-refractivity contribution in [3.05, 3.63) is 54.5 Å². The number of hydrogen-bond donors (Lipinski definition) is 4. The van der Waals surface area contributed by atoms with E-state index in [4.69, 9.17) is 5.73 Å². The van der Waals surface area contributed by atoms with Gasteiger partial charge < -0.3 is 20.9 Å². The molecule has 11 nitrogen and oxygen atoms in total. The Labute approximate surface area is 211 Å². The Hall–Kier alpha value is -4.64. The van der Waals surface area contributed by atoms with Gasteiger partial charge in [-0.15, -0.1) is 0 Å². The summed E-state index contributed by atoms with van der Waals surface area (Å²) in [7, 11) is 2.07. The van der Waals surface area contributed by atoms with E-state index >= 15 is 0 Å². The Morgan fingerprint density at radius 1 is 1.11 bits per heavy atom. The average Bonchev–Trinajstić information content (AvgIpc) is 3.52. The molecule has 0 bridgehead atoms. The van der Waals surface area contributed by atoms with Gasteiger partial charge in [-0.1, -0.05) is 6.07 Å². The fourth-order valence-electron chi connectivity index (χ4n) is 4.77. The number of anilines is 1. The third-order valence-corrected chi connectivity index (χ3v) is 6.85. The van der Waals surface area contributed by atoms with Crippen molar-refractivity contribution in [1.29, 1.82) is 0 Å². The lowest BCUT2D eigenvalue weighted by molar-refractivity contribution is -0.121.